The van der Waals surface area contributed by atoms with E-state index >= 15 is 0 Å². The summed E-state index contributed by atoms with van der Waals surface area (Å²) in [7, 11) is 0. The van der Waals surface area contributed by atoms with E-state index in [0.29, 0.717) is 6.54 Å². The smallest absolute Gasteiger partial charge is 0.407 e. The zero-order valence-electron chi connectivity index (χ0n) is 21.0. The number of alkyl carbamates (subject to hydrolysis) is 1. The van der Waals surface area contributed by atoms with Crippen LogP contribution in [0.15, 0.2) is 35.1 Å². The summed E-state index contributed by atoms with van der Waals surface area (Å²) in [6, 6.07) is 8.02. The Morgan fingerprint density at radius 3 is 2.86 bits per heavy atom. The maximum Gasteiger partial charge on any atom is 0.407 e. The lowest BCUT2D eigenvalue weighted by Crippen LogP contribution is -2.49. The molecule has 5 heterocycles. The fourth-order valence-electron chi connectivity index (χ4n) is 4.84. The molecule has 0 aromatic carbocycles. The Kier molecular flexibility index (Phi) is 7.16. The largest absolute Gasteiger partial charge is 0.444 e. The number of halogens is 1. The fourth-order valence-corrected chi connectivity index (χ4v) is 5.18. The van der Waals surface area contributed by atoms with Crippen LogP contribution < -0.4 is 10.2 Å². The molecule has 3 aromatic heterocycles. The van der Waals surface area contributed by atoms with Gasteiger partial charge in [0.05, 0.1) is 17.4 Å². The molecule has 192 valence electrons. The SMILES string of the molecule is CC(C)(C)OC(=O)N[C@H]1CCCN(c2cccc(-c3nn(C4CCCCO4)c4cnc(Br)cc34)n2)C1. The predicted molar refractivity (Wildman–Crippen MR) is 142 cm³/mol. The summed E-state index contributed by atoms with van der Waals surface area (Å²) in [4.78, 5) is 24.0. The molecule has 2 aliphatic rings. The number of pyridine rings is 2. The summed E-state index contributed by atoms with van der Waals surface area (Å²) < 4.78 is 14.2. The van der Waals surface area contributed by atoms with Crippen molar-refractivity contribution in [2.24, 2.45) is 0 Å². The summed E-state index contributed by atoms with van der Waals surface area (Å²) in [5, 5.41) is 8.98. The van der Waals surface area contributed by atoms with Gasteiger partial charge in [0.15, 0.2) is 6.23 Å². The van der Waals surface area contributed by atoms with E-state index in [1.807, 2.05) is 55.9 Å². The van der Waals surface area contributed by atoms with Gasteiger partial charge < -0.3 is 19.7 Å². The number of rotatable bonds is 4. The molecule has 9 nitrogen and oxygen atoms in total. The third-order valence-electron chi connectivity index (χ3n) is 6.43. The average molecular weight is 557 g/mol. The lowest BCUT2D eigenvalue weighted by molar-refractivity contribution is -0.0365. The Morgan fingerprint density at radius 2 is 2.08 bits per heavy atom. The lowest BCUT2D eigenvalue weighted by Gasteiger charge is -2.34. The highest BCUT2D eigenvalue weighted by Gasteiger charge is 2.26. The first kappa shape index (κ1) is 25.0. The minimum absolute atomic E-state index is 0.00424. The van der Waals surface area contributed by atoms with E-state index in [2.05, 4.69) is 31.1 Å². The van der Waals surface area contributed by atoms with Crippen LogP contribution in [0.5, 0.6) is 0 Å². The molecule has 3 aromatic rings. The second kappa shape index (κ2) is 10.3. The van der Waals surface area contributed by atoms with Crippen molar-refractivity contribution in [2.45, 2.75) is 70.7 Å². The highest BCUT2D eigenvalue weighted by Crippen LogP contribution is 2.33. The van der Waals surface area contributed by atoms with Crippen molar-refractivity contribution in [1.82, 2.24) is 25.1 Å². The van der Waals surface area contributed by atoms with Gasteiger partial charge in [0.25, 0.3) is 0 Å². The number of amides is 1. The average Bonchev–Trinajstić information content (AvgIpc) is 3.22. The number of ether oxygens (including phenoxy) is 2. The second-order valence-electron chi connectivity index (χ2n) is 10.5. The maximum atomic E-state index is 12.3. The molecule has 2 atom stereocenters. The van der Waals surface area contributed by atoms with E-state index in [1.54, 1.807) is 0 Å². The van der Waals surface area contributed by atoms with Gasteiger partial charge in [-0.15, -0.1) is 0 Å². The molecule has 0 aliphatic carbocycles. The van der Waals surface area contributed by atoms with Crippen LogP contribution in [-0.2, 0) is 9.47 Å². The van der Waals surface area contributed by atoms with Crippen LogP contribution in [0.1, 0.15) is 59.1 Å². The first-order valence-corrected chi connectivity index (χ1v) is 13.4. The van der Waals surface area contributed by atoms with Crippen molar-refractivity contribution >= 4 is 38.7 Å². The Hall–Kier alpha value is -2.72. The Balaban J connectivity index is 1.40. The molecule has 0 saturated carbocycles. The fraction of sp³-hybridized carbons (Fsp3) is 0.538. The number of fused-ring (bicyclic) bond motifs is 1. The van der Waals surface area contributed by atoms with Crippen LogP contribution in [0.25, 0.3) is 22.3 Å². The number of aromatic nitrogens is 4. The summed E-state index contributed by atoms with van der Waals surface area (Å²) >= 11 is 3.51. The van der Waals surface area contributed by atoms with E-state index in [4.69, 9.17) is 19.6 Å². The Morgan fingerprint density at radius 1 is 1.22 bits per heavy atom. The standard InChI is InChI=1S/C26H33BrN6O3/c1-26(2,3)36-25(34)29-17-8-7-12-32(16-17)22-10-6-9-19(30-22)24-18-14-21(27)28-15-20(18)33(31-24)23-11-4-5-13-35-23/h6,9-10,14-15,17,23H,4-5,7-8,11-13,16H2,1-3H3,(H,29,34)/t17-,23?/m0/s1. The number of nitrogens with zero attached hydrogens (tertiary/aromatic N) is 5. The van der Waals surface area contributed by atoms with Crippen LogP contribution in [0.3, 0.4) is 0 Å². The first-order chi connectivity index (χ1) is 17.3. The third kappa shape index (κ3) is 5.64. The van der Waals surface area contributed by atoms with E-state index in [-0.39, 0.29) is 18.4 Å². The Labute approximate surface area is 219 Å². The molecule has 2 saturated heterocycles. The molecule has 1 N–H and O–H groups in total. The number of hydrogen-bond acceptors (Lipinski definition) is 7. The number of carbonyl (C=O) groups excluding carboxylic acids is 1. The number of piperidine rings is 1. The zero-order chi connectivity index (χ0) is 25.3. The molecular weight excluding hydrogens is 524 g/mol. The van der Waals surface area contributed by atoms with Crippen LogP contribution in [0.2, 0.25) is 0 Å². The van der Waals surface area contributed by atoms with E-state index in [0.717, 1.165) is 78.0 Å². The molecule has 2 fully saturated rings. The maximum absolute atomic E-state index is 12.3. The van der Waals surface area contributed by atoms with Gasteiger partial charge in [0, 0.05) is 31.1 Å². The van der Waals surface area contributed by atoms with Gasteiger partial charge in [0.1, 0.15) is 21.7 Å². The normalized spacial score (nSPS) is 20.9. The summed E-state index contributed by atoms with van der Waals surface area (Å²) in [6.07, 6.45) is 6.37. The number of hydrogen-bond donors (Lipinski definition) is 1. The molecule has 0 radical (unpaired) electrons. The van der Waals surface area contributed by atoms with Gasteiger partial charge in [-0.1, -0.05) is 6.07 Å². The van der Waals surface area contributed by atoms with Crippen molar-refractivity contribution in [3.63, 3.8) is 0 Å². The summed E-state index contributed by atoms with van der Waals surface area (Å²) in [5.74, 6) is 0.868. The molecule has 1 unspecified atom stereocenters. The van der Waals surface area contributed by atoms with Crippen LogP contribution >= 0.6 is 15.9 Å². The minimum atomic E-state index is -0.520. The molecule has 36 heavy (non-hydrogen) atoms. The minimum Gasteiger partial charge on any atom is -0.444 e. The molecule has 10 heteroatoms. The molecule has 0 spiro atoms. The molecule has 1 amide bonds. The number of anilines is 1. The van der Waals surface area contributed by atoms with Crippen LogP contribution in [-0.4, -0.2) is 57.2 Å². The lowest BCUT2D eigenvalue weighted by atomic mass is 10.1. The first-order valence-electron chi connectivity index (χ1n) is 12.6. The molecule has 5 rings (SSSR count). The quantitative estimate of drug-likeness (QED) is 0.427. The molecule has 2 aliphatic heterocycles. The number of carbonyl (C=O) groups is 1. The van der Waals surface area contributed by atoms with Crippen molar-refractivity contribution in [3.05, 3.63) is 35.1 Å². The summed E-state index contributed by atoms with van der Waals surface area (Å²) in [5.41, 5.74) is 2.03. The van der Waals surface area contributed by atoms with Gasteiger partial charge in [-0.25, -0.2) is 19.4 Å². The third-order valence-corrected chi connectivity index (χ3v) is 6.86. The van der Waals surface area contributed by atoms with Gasteiger partial charge in [0.2, 0.25) is 0 Å². The van der Waals surface area contributed by atoms with Crippen molar-refractivity contribution < 1.29 is 14.3 Å². The van der Waals surface area contributed by atoms with Crippen LogP contribution in [0.4, 0.5) is 10.6 Å². The molecule has 0 bridgehead atoms. The van der Waals surface area contributed by atoms with Crippen molar-refractivity contribution in [3.8, 4) is 11.4 Å². The summed E-state index contributed by atoms with van der Waals surface area (Å²) in [6.45, 7) is 7.91. The molecular formula is C26H33BrN6O3. The number of nitrogens with one attached hydrogen (secondary N) is 1. The van der Waals surface area contributed by atoms with E-state index < -0.39 is 5.60 Å². The predicted octanol–water partition coefficient (Wildman–Crippen LogP) is 5.45. The topological polar surface area (TPSA) is 94.4 Å². The van der Waals surface area contributed by atoms with Crippen molar-refractivity contribution in [2.75, 3.05) is 24.6 Å². The van der Waals surface area contributed by atoms with Crippen molar-refractivity contribution in [1.29, 1.82) is 0 Å². The van der Waals surface area contributed by atoms with Gasteiger partial charge in [-0.3, -0.25) is 0 Å². The Bertz CT molecular complexity index is 1230. The van der Waals surface area contributed by atoms with E-state index in [9.17, 15) is 4.79 Å². The highest BCUT2D eigenvalue weighted by molar-refractivity contribution is 9.10. The second-order valence-corrected chi connectivity index (χ2v) is 11.3. The highest BCUT2D eigenvalue weighted by atomic mass is 79.9. The van der Waals surface area contributed by atoms with Gasteiger partial charge >= 0.3 is 6.09 Å². The zero-order valence-corrected chi connectivity index (χ0v) is 22.6. The van der Waals surface area contributed by atoms with Gasteiger partial charge in [-0.2, -0.15) is 5.10 Å². The monoisotopic (exact) mass is 556 g/mol. The van der Waals surface area contributed by atoms with Crippen LogP contribution in [0, 0.1) is 0 Å². The van der Waals surface area contributed by atoms with E-state index in [1.165, 1.54) is 0 Å². The van der Waals surface area contributed by atoms with Gasteiger partial charge in [-0.05, 0) is 87.0 Å².